The van der Waals surface area contributed by atoms with Gasteiger partial charge < -0.3 is 33.8 Å². The minimum absolute atomic E-state index is 0.0851. The van der Waals surface area contributed by atoms with Crippen molar-refractivity contribution in [1.29, 1.82) is 0 Å². The zero-order valence-electron chi connectivity index (χ0n) is 61.7. The highest BCUT2D eigenvalue weighted by atomic mass is 31.2. The molecule has 0 rings (SSSR count). The molecular weight excluding hydrogens is 1280 g/mol. The van der Waals surface area contributed by atoms with Crippen LogP contribution in [-0.4, -0.2) is 96.7 Å². The van der Waals surface area contributed by atoms with Crippen molar-refractivity contribution >= 4 is 39.5 Å². The minimum Gasteiger partial charge on any atom is -0.462 e. The molecule has 0 aliphatic carbocycles. The first-order valence-electron chi connectivity index (χ1n) is 38.5. The molecule has 19 heteroatoms. The first kappa shape index (κ1) is 94.0. The Morgan fingerprint density at radius 3 is 0.857 bits per heavy atom. The van der Waals surface area contributed by atoms with Crippen molar-refractivity contribution in [3.63, 3.8) is 0 Å². The number of esters is 4. The fourth-order valence-corrected chi connectivity index (χ4v) is 11.9. The van der Waals surface area contributed by atoms with Gasteiger partial charge in [-0.25, -0.2) is 9.13 Å². The summed E-state index contributed by atoms with van der Waals surface area (Å²) in [6.07, 6.45) is 74.1. The second-order valence-corrected chi connectivity index (χ2v) is 28.5. The van der Waals surface area contributed by atoms with E-state index in [1.54, 1.807) is 0 Å². The molecule has 0 aromatic carbocycles. The van der Waals surface area contributed by atoms with Crippen molar-refractivity contribution in [3.05, 3.63) is 97.2 Å². The molecule has 0 spiro atoms. The number of hydrogen-bond acceptors (Lipinski definition) is 15. The average molecular weight is 1420 g/mol. The maximum absolute atomic E-state index is 13.1. The van der Waals surface area contributed by atoms with E-state index in [9.17, 15) is 43.2 Å². The first-order chi connectivity index (χ1) is 47.7. The second kappa shape index (κ2) is 71.4. The summed E-state index contributed by atoms with van der Waals surface area (Å²) < 4.78 is 68.4. The SMILES string of the molecule is CC/C=C\C/C=C\C/C=C\C/C=C\C/C=C\CCCC(=O)OCC(COP(=O)(O)OCC(O)COP(=O)(O)OCC(COC(=O)CCCCCCC/C=C\C/C=C\C/C=C\CC)OC(=O)CCCCCCCCCCCCC)OC(=O)CCCCCCCCCCCCCCCCC. The van der Waals surface area contributed by atoms with Crippen LogP contribution >= 0.6 is 15.6 Å². The number of allylic oxidation sites excluding steroid dienone is 16. The first-order valence-corrected chi connectivity index (χ1v) is 41.5. The smallest absolute Gasteiger partial charge is 0.462 e. The topological polar surface area (TPSA) is 237 Å². The number of rotatable bonds is 72. The van der Waals surface area contributed by atoms with Gasteiger partial charge in [-0.1, -0.05) is 298 Å². The molecule has 5 atom stereocenters. The van der Waals surface area contributed by atoms with E-state index in [1.807, 2.05) is 12.2 Å². The number of aliphatic hydroxyl groups is 1. The van der Waals surface area contributed by atoms with E-state index in [0.717, 1.165) is 135 Å². The van der Waals surface area contributed by atoms with Gasteiger partial charge in [0.15, 0.2) is 12.2 Å². The van der Waals surface area contributed by atoms with Gasteiger partial charge in [-0.2, -0.15) is 0 Å². The van der Waals surface area contributed by atoms with Crippen LogP contribution in [0.1, 0.15) is 323 Å². The Balaban J connectivity index is 5.37. The highest BCUT2D eigenvalue weighted by Gasteiger charge is 2.30. The standard InChI is InChI=1S/C79H138O17P2/c1-5-9-13-17-21-25-29-32-35-36-39-41-45-48-52-56-60-64-77(82)90-70-75(96-79(84)66-62-58-54-50-46-42-38-34-31-27-23-19-15-11-7-3)72-94-98(87,88)92-68-73(80)67-91-97(85,86)93-71-74(95-78(83)65-61-57-53-49-43-28-24-20-16-12-8-4)69-89-76(81)63-59-55-51-47-44-40-37-33-30-26-22-18-14-10-6-2/h9-10,13-14,21-22,25-26,32-33,35,37,39,41,48,52,73-75,80H,5-8,11-12,15-20,23-24,27-31,34,36,38,40,42-47,49-51,53-72H2,1-4H3,(H,85,86)(H,87,88)/b13-9-,14-10-,25-21-,26-22-,35-32-,37-33-,41-39-,52-48-. The lowest BCUT2D eigenvalue weighted by Crippen LogP contribution is -2.30. The Labute approximate surface area is 595 Å². The molecule has 0 aliphatic heterocycles. The third-order valence-corrected chi connectivity index (χ3v) is 18.0. The predicted molar refractivity (Wildman–Crippen MR) is 399 cm³/mol. The molecule has 3 N–H and O–H groups in total. The Kier molecular flexibility index (Phi) is 68.4. The van der Waals surface area contributed by atoms with E-state index < -0.39 is 97.5 Å². The quantitative estimate of drug-likeness (QED) is 0.0169. The molecule has 98 heavy (non-hydrogen) atoms. The molecule has 0 saturated heterocycles. The molecule has 0 aromatic rings. The van der Waals surface area contributed by atoms with Crippen molar-refractivity contribution in [2.45, 2.75) is 341 Å². The summed E-state index contributed by atoms with van der Waals surface area (Å²) in [4.78, 5) is 72.8. The third kappa shape index (κ3) is 70.4. The van der Waals surface area contributed by atoms with Crippen LogP contribution in [0.3, 0.4) is 0 Å². The zero-order chi connectivity index (χ0) is 71.8. The van der Waals surface area contributed by atoms with Crippen LogP contribution < -0.4 is 0 Å². The Bertz CT molecular complexity index is 2240. The van der Waals surface area contributed by atoms with Crippen LogP contribution in [0, 0.1) is 0 Å². The third-order valence-electron chi connectivity index (χ3n) is 16.1. The fourth-order valence-electron chi connectivity index (χ4n) is 10.3. The zero-order valence-corrected chi connectivity index (χ0v) is 63.5. The Morgan fingerprint density at radius 2 is 0.541 bits per heavy atom. The molecule has 0 fully saturated rings. The van der Waals surface area contributed by atoms with E-state index in [-0.39, 0.29) is 25.7 Å². The highest BCUT2D eigenvalue weighted by molar-refractivity contribution is 7.47. The molecule has 17 nitrogen and oxygen atoms in total. The summed E-state index contributed by atoms with van der Waals surface area (Å²) in [7, 11) is -9.96. The van der Waals surface area contributed by atoms with Crippen LogP contribution in [0.4, 0.5) is 0 Å². The monoisotopic (exact) mass is 1420 g/mol. The summed E-state index contributed by atoms with van der Waals surface area (Å²) >= 11 is 0. The number of carbonyl (C=O) groups excluding carboxylic acids is 4. The van der Waals surface area contributed by atoms with E-state index >= 15 is 0 Å². The lowest BCUT2D eigenvalue weighted by molar-refractivity contribution is -0.161. The van der Waals surface area contributed by atoms with Gasteiger partial charge in [0.1, 0.15) is 19.3 Å². The lowest BCUT2D eigenvalue weighted by atomic mass is 10.0. The number of phosphoric ester groups is 2. The van der Waals surface area contributed by atoms with Crippen molar-refractivity contribution in [3.8, 4) is 0 Å². The van der Waals surface area contributed by atoms with Gasteiger partial charge in [0, 0.05) is 25.7 Å². The van der Waals surface area contributed by atoms with Crippen LogP contribution in [-0.2, 0) is 65.4 Å². The summed E-state index contributed by atoms with van der Waals surface area (Å²) in [6.45, 7) is 4.59. The van der Waals surface area contributed by atoms with Crippen molar-refractivity contribution in [1.82, 2.24) is 0 Å². The maximum Gasteiger partial charge on any atom is 0.472 e. The van der Waals surface area contributed by atoms with Crippen molar-refractivity contribution in [2.75, 3.05) is 39.6 Å². The van der Waals surface area contributed by atoms with Gasteiger partial charge in [-0.05, 0) is 96.3 Å². The van der Waals surface area contributed by atoms with Gasteiger partial charge in [0.2, 0.25) is 0 Å². The van der Waals surface area contributed by atoms with Gasteiger partial charge >= 0.3 is 39.5 Å². The van der Waals surface area contributed by atoms with Gasteiger partial charge in [0.25, 0.3) is 0 Å². The fraction of sp³-hybridized carbons (Fsp3) is 0.747. The molecule has 0 aromatic heterocycles. The van der Waals surface area contributed by atoms with E-state index in [2.05, 4.69) is 113 Å². The number of carbonyl (C=O) groups is 4. The molecule has 566 valence electrons. The molecule has 0 bridgehead atoms. The predicted octanol–water partition coefficient (Wildman–Crippen LogP) is 22.0. The van der Waals surface area contributed by atoms with Crippen LogP contribution in [0.15, 0.2) is 97.2 Å². The maximum atomic E-state index is 13.1. The van der Waals surface area contributed by atoms with Crippen LogP contribution in [0.2, 0.25) is 0 Å². The summed E-state index contributed by atoms with van der Waals surface area (Å²) in [5.41, 5.74) is 0. The minimum atomic E-state index is -4.98. The summed E-state index contributed by atoms with van der Waals surface area (Å²) in [6, 6.07) is 0. The number of aliphatic hydroxyl groups excluding tert-OH is 1. The van der Waals surface area contributed by atoms with E-state index in [4.69, 9.17) is 37.0 Å². The van der Waals surface area contributed by atoms with E-state index in [0.29, 0.717) is 32.1 Å². The normalized spacial score (nSPS) is 14.5. The number of unbranched alkanes of at least 4 members (excludes halogenated alkanes) is 30. The molecule has 0 heterocycles. The van der Waals surface area contributed by atoms with Crippen molar-refractivity contribution in [2.24, 2.45) is 0 Å². The van der Waals surface area contributed by atoms with Gasteiger partial charge in [-0.15, -0.1) is 0 Å². The Hall–Kier alpha value is -4.02. The van der Waals surface area contributed by atoms with Crippen molar-refractivity contribution < 1.29 is 80.2 Å². The van der Waals surface area contributed by atoms with Crippen LogP contribution in [0.25, 0.3) is 0 Å². The summed E-state index contributed by atoms with van der Waals surface area (Å²) in [5.74, 6) is -2.24. The summed E-state index contributed by atoms with van der Waals surface area (Å²) in [5, 5.41) is 10.6. The Morgan fingerprint density at radius 1 is 0.296 bits per heavy atom. The lowest BCUT2D eigenvalue weighted by Gasteiger charge is -2.21. The molecule has 0 saturated carbocycles. The number of hydrogen-bond donors (Lipinski definition) is 3. The van der Waals surface area contributed by atoms with Gasteiger partial charge in [0.05, 0.1) is 26.4 Å². The molecular formula is C79H138O17P2. The van der Waals surface area contributed by atoms with E-state index in [1.165, 1.54) is 103 Å². The number of ether oxygens (including phenoxy) is 4. The average Bonchev–Trinajstić information content (AvgIpc) is 0.986. The highest BCUT2D eigenvalue weighted by Crippen LogP contribution is 2.45. The van der Waals surface area contributed by atoms with Gasteiger partial charge in [-0.3, -0.25) is 37.3 Å². The molecule has 5 unspecified atom stereocenters. The van der Waals surface area contributed by atoms with Crippen LogP contribution in [0.5, 0.6) is 0 Å². The molecule has 0 radical (unpaired) electrons. The molecule has 0 amide bonds. The molecule has 0 aliphatic rings. The second-order valence-electron chi connectivity index (χ2n) is 25.5. The number of phosphoric acid groups is 2. The largest absolute Gasteiger partial charge is 0.472 e.